The van der Waals surface area contributed by atoms with Gasteiger partial charge in [-0.2, -0.15) is 0 Å². The predicted octanol–water partition coefficient (Wildman–Crippen LogP) is 2.47. The second-order valence-electron chi connectivity index (χ2n) is 7.38. The van der Waals surface area contributed by atoms with E-state index in [2.05, 4.69) is 0 Å². The van der Waals surface area contributed by atoms with Crippen molar-refractivity contribution in [3.05, 3.63) is 48.0 Å². The summed E-state index contributed by atoms with van der Waals surface area (Å²) in [4.78, 5) is 29.9. The monoisotopic (exact) mass is 442 g/mol. The SMILES string of the molecule is COc1cccc(CC(=O)N2CCN(C(=O)CSc3ccc4c(c3)OCCO4)CC2)c1. The number of hydrogen-bond acceptors (Lipinski definition) is 6. The maximum atomic E-state index is 12.6. The Bertz CT molecular complexity index is 943. The fourth-order valence-corrected chi connectivity index (χ4v) is 4.45. The first-order chi connectivity index (χ1) is 15.1. The summed E-state index contributed by atoms with van der Waals surface area (Å²) >= 11 is 1.49. The molecule has 1 saturated heterocycles. The van der Waals surface area contributed by atoms with Crippen LogP contribution in [-0.2, 0) is 16.0 Å². The van der Waals surface area contributed by atoms with Gasteiger partial charge >= 0.3 is 0 Å². The molecule has 0 spiro atoms. The zero-order chi connectivity index (χ0) is 21.6. The third-order valence-corrected chi connectivity index (χ3v) is 6.33. The number of nitrogens with zero attached hydrogens (tertiary/aromatic N) is 2. The number of rotatable bonds is 6. The van der Waals surface area contributed by atoms with Crippen LogP contribution in [0, 0.1) is 0 Å². The molecule has 1 fully saturated rings. The Morgan fingerprint density at radius 3 is 2.39 bits per heavy atom. The number of methoxy groups -OCH3 is 1. The van der Waals surface area contributed by atoms with Crippen molar-refractivity contribution in [1.29, 1.82) is 0 Å². The highest BCUT2D eigenvalue weighted by molar-refractivity contribution is 8.00. The Kier molecular flexibility index (Phi) is 6.86. The summed E-state index contributed by atoms with van der Waals surface area (Å²) in [5.41, 5.74) is 0.929. The summed E-state index contributed by atoms with van der Waals surface area (Å²) in [5, 5.41) is 0. The van der Waals surface area contributed by atoms with Crippen LogP contribution in [0.25, 0.3) is 0 Å². The molecule has 0 unspecified atom stereocenters. The topological polar surface area (TPSA) is 68.3 Å². The third-order valence-electron chi connectivity index (χ3n) is 5.35. The lowest BCUT2D eigenvalue weighted by Crippen LogP contribution is -2.51. The minimum atomic E-state index is 0.0750. The minimum Gasteiger partial charge on any atom is -0.497 e. The normalized spacial score (nSPS) is 15.5. The molecule has 0 N–H and O–H groups in total. The Balaban J connectivity index is 1.23. The fourth-order valence-electron chi connectivity index (χ4n) is 3.62. The zero-order valence-corrected chi connectivity index (χ0v) is 18.4. The average Bonchev–Trinajstić information content (AvgIpc) is 2.82. The molecule has 31 heavy (non-hydrogen) atoms. The molecule has 0 radical (unpaired) electrons. The number of ether oxygens (including phenoxy) is 3. The van der Waals surface area contributed by atoms with Gasteiger partial charge in [-0.05, 0) is 35.9 Å². The number of piperazine rings is 1. The maximum absolute atomic E-state index is 12.6. The third kappa shape index (κ3) is 5.44. The molecule has 8 heteroatoms. The number of benzene rings is 2. The van der Waals surface area contributed by atoms with Crippen molar-refractivity contribution < 1.29 is 23.8 Å². The summed E-state index contributed by atoms with van der Waals surface area (Å²) in [6.07, 6.45) is 0.338. The highest BCUT2D eigenvalue weighted by Crippen LogP contribution is 2.34. The van der Waals surface area contributed by atoms with Gasteiger partial charge in [0, 0.05) is 31.1 Å². The highest BCUT2D eigenvalue weighted by Gasteiger charge is 2.24. The molecule has 4 rings (SSSR count). The van der Waals surface area contributed by atoms with E-state index in [9.17, 15) is 9.59 Å². The number of thioether (sulfide) groups is 1. The molecule has 2 aromatic rings. The number of fused-ring (bicyclic) bond motifs is 1. The quantitative estimate of drug-likeness (QED) is 0.641. The molecule has 0 aliphatic carbocycles. The van der Waals surface area contributed by atoms with Crippen molar-refractivity contribution in [2.24, 2.45) is 0 Å². The van der Waals surface area contributed by atoms with E-state index in [1.165, 1.54) is 11.8 Å². The van der Waals surface area contributed by atoms with E-state index in [1.807, 2.05) is 52.3 Å². The summed E-state index contributed by atoms with van der Waals surface area (Å²) < 4.78 is 16.3. The molecule has 2 aliphatic rings. The average molecular weight is 443 g/mol. The first-order valence-electron chi connectivity index (χ1n) is 10.3. The van der Waals surface area contributed by atoms with Crippen LogP contribution in [0.2, 0.25) is 0 Å². The molecular weight excluding hydrogens is 416 g/mol. The molecule has 164 valence electrons. The molecule has 0 saturated carbocycles. The van der Waals surface area contributed by atoms with E-state index in [-0.39, 0.29) is 11.8 Å². The summed E-state index contributed by atoms with van der Waals surface area (Å²) in [6, 6.07) is 13.3. The first kappa shape index (κ1) is 21.4. The van der Waals surface area contributed by atoms with E-state index in [1.54, 1.807) is 7.11 Å². The van der Waals surface area contributed by atoms with Gasteiger partial charge in [0.25, 0.3) is 0 Å². The molecule has 2 aromatic carbocycles. The van der Waals surface area contributed by atoms with Crippen LogP contribution in [0.5, 0.6) is 17.2 Å². The van der Waals surface area contributed by atoms with Crippen LogP contribution >= 0.6 is 11.8 Å². The maximum Gasteiger partial charge on any atom is 0.233 e. The molecule has 0 aromatic heterocycles. The lowest BCUT2D eigenvalue weighted by atomic mass is 10.1. The molecule has 2 aliphatic heterocycles. The lowest BCUT2D eigenvalue weighted by molar-refractivity contribution is -0.137. The molecular formula is C23H26N2O5S. The van der Waals surface area contributed by atoms with E-state index >= 15 is 0 Å². The summed E-state index contributed by atoms with van der Waals surface area (Å²) in [5.74, 6) is 2.74. The van der Waals surface area contributed by atoms with Gasteiger partial charge < -0.3 is 24.0 Å². The van der Waals surface area contributed by atoms with Crippen LogP contribution in [-0.4, -0.2) is 73.9 Å². The Hall–Kier alpha value is -2.87. The number of amides is 2. The van der Waals surface area contributed by atoms with Gasteiger partial charge in [-0.25, -0.2) is 0 Å². The van der Waals surface area contributed by atoms with E-state index < -0.39 is 0 Å². The van der Waals surface area contributed by atoms with E-state index in [0.29, 0.717) is 51.6 Å². The smallest absolute Gasteiger partial charge is 0.233 e. The van der Waals surface area contributed by atoms with Crippen molar-refractivity contribution in [3.8, 4) is 17.2 Å². The van der Waals surface area contributed by atoms with Crippen molar-refractivity contribution >= 4 is 23.6 Å². The summed E-state index contributed by atoms with van der Waals surface area (Å²) in [6.45, 7) is 3.34. The second kappa shape index (κ2) is 9.96. The van der Waals surface area contributed by atoms with Crippen LogP contribution in [0.4, 0.5) is 0 Å². The highest BCUT2D eigenvalue weighted by atomic mass is 32.2. The number of carbonyl (C=O) groups is 2. The van der Waals surface area contributed by atoms with Gasteiger partial charge in [-0.3, -0.25) is 9.59 Å². The molecule has 2 heterocycles. The van der Waals surface area contributed by atoms with Crippen molar-refractivity contribution in [1.82, 2.24) is 9.80 Å². The number of hydrogen-bond donors (Lipinski definition) is 0. The van der Waals surface area contributed by atoms with Crippen LogP contribution in [0.15, 0.2) is 47.4 Å². The standard InChI is InChI=1S/C23H26N2O5S/c1-28-18-4-2-3-17(13-18)14-22(26)24-7-9-25(10-8-24)23(27)16-31-19-5-6-20-21(15-19)30-12-11-29-20/h2-6,13,15H,7-12,14,16H2,1H3. The van der Waals surface area contributed by atoms with Gasteiger partial charge in [0.05, 0.1) is 19.3 Å². The predicted molar refractivity (Wildman–Crippen MR) is 118 cm³/mol. The van der Waals surface area contributed by atoms with Crippen molar-refractivity contribution in [2.75, 3.05) is 52.3 Å². The first-order valence-corrected chi connectivity index (χ1v) is 11.3. The van der Waals surface area contributed by atoms with Crippen molar-refractivity contribution in [2.45, 2.75) is 11.3 Å². The largest absolute Gasteiger partial charge is 0.497 e. The fraction of sp³-hybridized carbons (Fsp3) is 0.391. The minimum absolute atomic E-state index is 0.0750. The Labute approximate surface area is 186 Å². The lowest BCUT2D eigenvalue weighted by Gasteiger charge is -2.35. The molecule has 7 nitrogen and oxygen atoms in total. The van der Waals surface area contributed by atoms with E-state index in [4.69, 9.17) is 14.2 Å². The number of carbonyl (C=O) groups excluding carboxylic acids is 2. The zero-order valence-electron chi connectivity index (χ0n) is 17.5. The van der Waals surface area contributed by atoms with Crippen molar-refractivity contribution in [3.63, 3.8) is 0 Å². The van der Waals surface area contributed by atoms with Gasteiger partial charge in [-0.15, -0.1) is 11.8 Å². The van der Waals surface area contributed by atoms with Gasteiger partial charge in [-0.1, -0.05) is 12.1 Å². The Morgan fingerprint density at radius 1 is 0.935 bits per heavy atom. The van der Waals surface area contributed by atoms with Crippen LogP contribution in [0.3, 0.4) is 0 Å². The van der Waals surface area contributed by atoms with Crippen LogP contribution < -0.4 is 14.2 Å². The molecule has 0 atom stereocenters. The van der Waals surface area contributed by atoms with Gasteiger partial charge in [0.15, 0.2) is 11.5 Å². The second-order valence-corrected chi connectivity index (χ2v) is 8.43. The van der Waals surface area contributed by atoms with Gasteiger partial charge in [0.2, 0.25) is 11.8 Å². The molecule has 2 amide bonds. The van der Waals surface area contributed by atoms with Gasteiger partial charge in [0.1, 0.15) is 19.0 Å². The van der Waals surface area contributed by atoms with Crippen LogP contribution in [0.1, 0.15) is 5.56 Å². The Morgan fingerprint density at radius 2 is 1.65 bits per heavy atom. The van der Waals surface area contributed by atoms with E-state index in [0.717, 1.165) is 27.7 Å². The molecule has 0 bridgehead atoms. The summed E-state index contributed by atoms with van der Waals surface area (Å²) in [7, 11) is 1.61.